The number of hydrogen-bond acceptors (Lipinski definition) is 1. The minimum atomic E-state index is 0. The Hall–Kier alpha value is 0.200. The zero-order chi connectivity index (χ0) is 6.53. The van der Waals surface area contributed by atoms with Crippen LogP contribution in [0, 0.1) is 0 Å². The summed E-state index contributed by atoms with van der Waals surface area (Å²) in [6, 6.07) is 0. The van der Waals surface area contributed by atoms with E-state index in [9.17, 15) is 0 Å². The van der Waals surface area contributed by atoms with E-state index in [-0.39, 0.29) is 24.0 Å². The van der Waals surface area contributed by atoms with Crippen LogP contribution in [0.25, 0.3) is 0 Å². The second-order valence-electron chi connectivity index (χ2n) is 2.41. The summed E-state index contributed by atoms with van der Waals surface area (Å²) in [5, 5.41) is 3.28. The predicted molar refractivity (Wildman–Crippen MR) is 55.2 cm³/mol. The molecule has 0 spiro atoms. The lowest BCUT2D eigenvalue weighted by atomic mass is 10.2. The summed E-state index contributed by atoms with van der Waals surface area (Å²) in [6.07, 6.45) is 5.11. The van der Waals surface area contributed by atoms with E-state index in [1.54, 1.807) is 0 Å². The van der Waals surface area contributed by atoms with Crippen LogP contribution >= 0.6 is 24.0 Å². The third kappa shape index (κ3) is 3.39. The molecule has 0 unspecified atom stereocenters. The molecule has 0 aliphatic carbocycles. The second-order valence-corrected chi connectivity index (χ2v) is 2.41. The van der Waals surface area contributed by atoms with Crippen molar-refractivity contribution in [3.8, 4) is 0 Å². The molecule has 2 nitrogen and oxygen atoms in total. The van der Waals surface area contributed by atoms with Gasteiger partial charge in [0.05, 0.1) is 5.84 Å². The summed E-state index contributed by atoms with van der Waals surface area (Å²) in [4.78, 5) is 4.11. The van der Waals surface area contributed by atoms with Crippen molar-refractivity contribution in [2.24, 2.45) is 4.99 Å². The summed E-state index contributed by atoms with van der Waals surface area (Å²) in [6.45, 7) is 1.12. The number of nitrogens with one attached hydrogen (secondary N) is 1. The first kappa shape index (κ1) is 10.2. The van der Waals surface area contributed by atoms with Gasteiger partial charge in [-0.2, -0.15) is 0 Å². The van der Waals surface area contributed by atoms with Gasteiger partial charge < -0.3 is 5.32 Å². The van der Waals surface area contributed by atoms with Gasteiger partial charge in [0.1, 0.15) is 0 Å². The monoisotopic (exact) mass is 254 g/mol. The number of amidine groups is 1. The van der Waals surface area contributed by atoms with Crippen molar-refractivity contribution in [2.45, 2.75) is 25.7 Å². The first-order chi connectivity index (χ1) is 4.43. The van der Waals surface area contributed by atoms with Gasteiger partial charge in [-0.1, -0.05) is 6.42 Å². The topological polar surface area (TPSA) is 24.4 Å². The molecule has 0 bridgehead atoms. The van der Waals surface area contributed by atoms with Crippen molar-refractivity contribution >= 4 is 29.8 Å². The van der Waals surface area contributed by atoms with Crippen LogP contribution in [-0.2, 0) is 0 Å². The van der Waals surface area contributed by atoms with E-state index in [2.05, 4.69) is 10.3 Å². The van der Waals surface area contributed by atoms with Crippen molar-refractivity contribution in [3.05, 3.63) is 0 Å². The van der Waals surface area contributed by atoms with Crippen LogP contribution in [0.4, 0.5) is 0 Å². The SMILES string of the molecule is CN=C1CCCCCN1.I. The summed E-state index contributed by atoms with van der Waals surface area (Å²) in [7, 11) is 1.85. The molecule has 0 aromatic rings. The van der Waals surface area contributed by atoms with Gasteiger partial charge >= 0.3 is 0 Å². The van der Waals surface area contributed by atoms with Gasteiger partial charge in [-0.3, -0.25) is 4.99 Å². The lowest BCUT2D eigenvalue weighted by Gasteiger charge is -2.00. The zero-order valence-corrected chi connectivity index (χ0v) is 8.72. The van der Waals surface area contributed by atoms with Crippen LogP contribution in [0.5, 0.6) is 0 Å². The van der Waals surface area contributed by atoms with E-state index in [1.807, 2.05) is 7.05 Å². The Bertz CT molecular complexity index is 102. The van der Waals surface area contributed by atoms with E-state index in [0.29, 0.717) is 0 Å². The fourth-order valence-electron chi connectivity index (χ4n) is 1.11. The second kappa shape index (κ2) is 5.95. The highest BCUT2D eigenvalue weighted by atomic mass is 127. The molecule has 60 valence electrons. The number of hydrogen-bond donors (Lipinski definition) is 1. The van der Waals surface area contributed by atoms with Gasteiger partial charge in [-0.25, -0.2) is 0 Å². The van der Waals surface area contributed by atoms with E-state index in [4.69, 9.17) is 0 Å². The quantitative estimate of drug-likeness (QED) is 0.655. The molecule has 1 fully saturated rings. The third-order valence-electron chi connectivity index (χ3n) is 1.69. The van der Waals surface area contributed by atoms with Gasteiger partial charge in [-0.15, -0.1) is 24.0 Å². The van der Waals surface area contributed by atoms with Crippen LogP contribution < -0.4 is 5.32 Å². The fourth-order valence-corrected chi connectivity index (χ4v) is 1.11. The largest absolute Gasteiger partial charge is 0.374 e. The zero-order valence-electron chi connectivity index (χ0n) is 6.39. The molecule has 0 aromatic heterocycles. The molecule has 1 saturated heterocycles. The molecule has 1 aliphatic rings. The van der Waals surface area contributed by atoms with Crippen LogP contribution in [0.3, 0.4) is 0 Å². The molecule has 0 aromatic carbocycles. The average Bonchev–Trinajstić information content (AvgIpc) is 2.13. The van der Waals surface area contributed by atoms with E-state index >= 15 is 0 Å². The van der Waals surface area contributed by atoms with Crippen molar-refractivity contribution < 1.29 is 0 Å². The first-order valence-corrected chi connectivity index (χ1v) is 3.63. The molecule has 0 radical (unpaired) electrons. The van der Waals surface area contributed by atoms with Gasteiger partial charge in [-0.05, 0) is 12.8 Å². The maximum Gasteiger partial charge on any atom is 0.0959 e. The molecule has 0 saturated carbocycles. The highest BCUT2D eigenvalue weighted by Crippen LogP contribution is 2.03. The molecule has 1 N–H and O–H groups in total. The Kier molecular flexibility index (Phi) is 6.06. The van der Waals surface area contributed by atoms with E-state index in [1.165, 1.54) is 25.1 Å². The highest BCUT2D eigenvalue weighted by Gasteiger charge is 2.01. The van der Waals surface area contributed by atoms with Crippen LogP contribution in [0.1, 0.15) is 25.7 Å². The minimum absolute atomic E-state index is 0. The Morgan fingerprint density at radius 3 is 2.80 bits per heavy atom. The first-order valence-electron chi connectivity index (χ1n) is 3.63. The standard InChI is InChI=1S/C7H14N2.HI/c1-8-7-5-3-2-4-6-9-7;/h2-6H2,1H3,(H,8,9);1H. The summed E-state index contributed by atoms with van der Waals surface area (Å²) >= 11 is 0. The van der Waals surface area contributed by atoms with Gasteiger partial charge in [0, 0.05) is 20.0 Å². The molecule has 0 atom stereocenters. The smallest absolute Gasteiger partial charge is 0.0959 e. The van der Waals surface area contributed by atoms with Crippen LogP contribution in [-0.4, -0.2) is 19.4 Å². The Morgan fingerprint density at radius 2 is 2.10 bits per heavy atom. The van der Waals surface area contributed by atoms with Gasteiger partial charge in [0.2, 0.25) is 0 Å². The Morgan fingerprint density at radius 1 is 1.30 bits per heavy atom. The van der Waals surface area contributed by atoms with Crippen LogP contribution in [0.15, 0.2) is 4.99 Å². The van der Waals surface area contributed by atoms with Crippen molar-refractivity contribution in [3.63, 3.8) is 0 Å². The normalized spacial score (nSPS) is 22.7. The van der Waals surface area contributed by atoms with E-state index in [0.717, 1.165) is 13.0 Å². The van der Waals surface area contributed by atoms with Gasteiger partial charge in [0.25, 0.3) is 0 Å². The fraction of sp³-hybridized carbons (Fsp3) is 0.857. The lowest BCUT2D eigenvalue weighted by Crippen LogP contribution is -2.21. The third-order valence-corrected chi connectivity index (χ3v) is 1.69. The molecule has 3 heteroatoms. The van der Waals surface area contributed by atoms with Crippen molar-refractivity contribution in [1.29, 1.82) is 0 Å². The molecule has 1 aliphatic heterocycles. The number of rotatable bonds is 0. The maximum atomic E-state index is 4.11. The molecule has 10 heavy (non-hydrogen) atoms. The average molecular weight is 254 g/mol. The summed E-state index contributed by atoms with van der Waals surface area (Å²) in [5.74, 6) is 1.19. The van der Waals surface area contributed by atoms with Crippen LogP contribution in [0.2, 0.25) is 0 Å². The minimum Gasteiger partial charge on any atom is -0.374 e. The summed E-state index contributed by atoms with van der Waals surface area (Å²) in [5.41, 5.74) is 0. The van der Waals surface area contributed by atoms with E-state index < -0.39 is 0 Å². The van der Waals surface area contributed by atoms with Gasteiger partial charge in [0.15, 0.2) is 0 Å². The number of nitrogens with zero attached hydrogens (tertiary/aromatic N) is 1. The molecule has 0 amide bonds. The Balaban J connectivity index is 0.000000810. The predicted octanol–water partition coefficient (Wildman–Crippen LogP) is 1.80. The van der Waals surface area contributed by atoms with Crippen molar-refractivity contribution in [2.75, 3.05) is 13.6 Å². The molecule has 1 heterocycles. The number of halogens is 1. The molecule has 1 rings (SSSR count). The Labute approximate surface area is 79.5 Å². The van der Waals surface area contributed by atoms with Crippen molar-refractivity contribution in [1.82, 2.24) is 5.32 Å². The highest BCUT2D eigenvalue weighted by molar-refractivity contribution is 14.0. The number of aliphatic imine (C=N–C) groups is 1. The molecular formula is C7H15IN2. The molecular weight excluding hydrogens is 239 g/mol. The lowest BCUT2D eigenvalue weighted by molar-refractivity contribution is 0.721. The maximum absolute atomic E-state index is 4.11. The summed E-state index contributed by atoms with van der Waals surface area (Å²) < 4.78 is 0.